The number of carboxylic acids is 1. The van der Waals surface area contributed by atoms with Gasteiger partial charge in [-0.3, -0.25) is 4.90 Å². The lowest BCUT2D eigenvalue weighted by Crippen LogP contribution is -2.49. The molecule has 0 aliphatic heterocycles. The molecule has 0 saturated heterocycles. The molecule has 0 aromatic heterocycles. The van der Waals surface area contributed by atoms with Gasteiger partial charge in [-0.2, -0.15) is 0 Å². The number of hydrogen-bond acceptors (Lipinski definition) is 3. The van der Waals surface area contributed by atoms with Crippen molar-refractivity contribution in [3.63, 3.8) is 0 Å². The predicted molar refractivity (Wildman–Crippen MR) is 73.1 cm³/mol. The van der Waals surface area contributed by atoms with Crippen molar-refractivity contribution in [3.05, 3.63) is 0 Å². The van der Waals surface area contributed by atoms with Crippen LogP contribution in [0.2, 0.25) is 0 Å². The summed E-state index contributed by atoms with van der Waals surface area (Å²) in [5.74, 6) is -0.986. The molecule has 1 rings (SSSR count). The van der Waals surface area contributed by atoms with Crippen LogP contribution in [0, 0.1) is 0 Å². The highest BCUT2D eigenvalue weighted by Gasteiger charge is 2.29. The number of hydrogen-bond donors (Lipinski definition) is 3. The molecule has 6 nitrogen and oxygen atoms in total. The number of nitrogens with one attached hydrogen (secondary N) is 2. The van der Waals surface area contributed by atoms with E-state index in [0.717, 1.165) is 6.42 Å². The second kappa shape index (κ2) is 7.33. The lowest BCUT2D eigenvalue weighted by molar-refractivity contribution is -0.139. The van der Waals surface area contributed by atoms with Crippen LogP contribution in [0.4, 0.5) is 4.79 Å². The fourth-order valence-corrected chi connectivity index (χ4v) is 1.98. The van der Waals surface area contributed by atoms with E-state index in [9.17, 15) is 9.59 Å². The quantitative estimate of drug-likeness (QED) is 0.615. The van der Waals surface area contributed by atoms with Crippen molar-refractivity contribution in [2.75, 3.05) is 13.6 Å². The third-order valence-corrected chi connectivity index (χ3v) is 3.56. The molecule has 6 heteroatoms. The number of carbonyl (C=O) groups is 2. The van der Waals surface area contributed by atoms with Gasteiger partial charge in [-0.25, -0.2) is 9.59 Å². The van der Waals surface area contributed by atoms with Gasteiger partial charge in [-0.05, 0) is 33.2 Å². The molecule has 2 atom stereocenters. The molecule has 1 saturated carbocycles. The molecule has 1 fully saturated rings. The van der Waals surface area contributed by atoms with Crippen molar-refractivity contribution in [3.8, 4) is 0 Å². The summed E-state index contributed by atoms with van der Waals surface area (Å²) in [6.07, 6.45) is 3.62. The number of carbonyl (C=O) groups excluding carboxylic acids is 1. The van der Waals surface area contributed by atoms with Crippen LogP contribution in [-0.4, -0.2) is 53.7 Å². The van der Waals surface area contributed by atoms with Gasteiger partial charge in [0.1, 0.15) is 6.04 Å². The largest absolute Gasteiger partial charge is 0.480 e. The van der Waals surface area contributed by atoms with E-state index in [2.05, 4.69) is 29.5 Å². The van der Waals surface area contributed by atoms with E-state index in [1.54, 1.807) is 0 Å². The van der Waals surface area contributed by atoms with Crippen LogP contribution in [0.5, 0.6) is 0 Å². The summed E-state index contributed by atoms with van der Waals surface area (Å²) in [7, 11) is 2.05. The monoisotopic (exact) mass is 271 g/mol. The number of urea groups is 1. The summed E-state index contributed by atoms with van der Waals surface area (Å²) in [5.41, 5.74) is 0. The van der Waals surface area contributed by atoms with Crippen LogP contribution in [-0.2, 0) is 4.79 Å². The third-order valence-electron chi connectivity index (χ3n) is 3.56. The van der Waals surface area contributed by atoms with E-state index in [1.807, 2.05) is 6.92 Å². The van der Waals surface area contributed by atoms with Gasteiger partial charge < -0.3 is 15.7 Å². The Bertz CT molecular complexity index is 318. The van der Waals surface area contributed by atoms with Gasteiger partial charge in [-0.1, -0.05) is 13.3 Å². The van der Waals surface area contributed by atoms with Crippen LogP contribution in [0.25, 0.3) is 0 Å². The Kier molecular flexibility index (Phi) is 6.08. The normalized spacial score (nSPS) is 17.9. The standard InChI is InChI=1S/C13H25N3O3/c1-4-5-11(12(17)18)15-13(19)14-8-9(2)16(3)10-6-7-10/h9-11H,4-8H2,1-3H3,(H,17,18)(H2,14,15,19)/t9?,11-/m1/s1. The first-order valence-electron chi connectivity index (χ1n) is 6.94. The average Bonchev–Trinajstić information content (AvgIpc) is 3.18. The number of amides is 2. The highest BCUT2D eigenvalue weighted by atomic mass is 16.4. The summed E-state index contributed by atoms with van der Waals surface area (Å²) >= 11 is 0. The maximum atomic E-state index is 11.6. The SMILES string of the molecule is CCC[C@@H](NC(=O)NCC(C)N(C)C1CC1)C(=O)O. The van der Waals surface area contributed by atoms with E-state index in [-0.39, 0.29) is 6.04 Å². The first-order valence-corrected chi connectivity index (χ1v) is 6.94. The van der Waals surface area contributed by atoms with Gasteiger partial charge in [0.15, 0.2) is 0 Å². The van der Waals surface area contributed by atoms with Crippen molar-refractivity contribution in [1.29, 1.82) is 0 Å². The minimum absolute atomic E-state index is 0.257. The van der Waals surface area contributed by atoms with E-state index in [0.29, 0.717) is 19.0 Å². The summed E-state index contributed by atoms with van der Waals surface area (Å²) in [6, 6.07) is -0.308. The first-order chi connectivity index (χ1) is 8.95. The van der Waals surface area contributed by atoms with Crippen molar-refractivity contribution in [1.82, 2.24) is 15.5 Å². The molecular weight excluding hydrogens is 246 g/mol. The number of rotatable bonds is 8. The zero-order valence-electron chi connectivity index (χ0n) is 12.0. The molecule has 0 bridgehead atoms. The minimum atomic E-state index is -0.986. The number of likely N-dealkylation sites (N-methyl/N-ethyl adjacent to an activating group) is 1. The molecular formula is C13H25N3O3. The highest BCUT2D eigenvalue weighted by molar-refractivity contribution is 5.82. The van der Waals surface area contributed by atoms with E-state index < -0.39 is 18.0 Å². The molecule has 1 unspecified atom stereocenters. The molecule has 0 aromatic carbocycles. The maximum absolute atomic E-state index is 11.6. The second-order valence-electron chi connectivity index (χ2n) is 5.28. The van der Waals surface area contributed by atoms with Gasteiger partial charge in [0, 0.05) is 18.6 Å². The molecule has 0 radical (unpaired) electrons. The van der Waals surface area contributed by atoms with Crippen LogP contribution >= 0.6 is 0 Å². The lowest BCUT2D eigenvalue weighted by atomic mass is 10.2. The molecule has 0 spiro atoms. The predicted octanol–water partition coefficient (Wildman–Crippen LogP) is 1.02. The Hall–Kier alpha value is -1.30. The summed E-state index contributed by atoms with van der Waals surface area (Å²) in [6.45, 7) is 4.47. The smallest absolute Gasteiger partial charge is 0.326 e. The lowest BCUT2D eigenvalue weighted by Gasteiger charge is -2.25. The average molecular weight is 271 g/mol. The Morgan fingerprint density at radius 3 is 2.53 bits per heavy atom. The van der Waals surface area contributed by atoms with Crippen molar-refractivity contribution < 1.29 is 14.7 Å². The van der Waals surface area contributed by atoms with E-state index in [4.69, 9.17) is 5.11 Å². The fourth-order valence-electron chi connectivity index (χ4n) is 1.98. The van der Waals surface area contributed by atoms with Crippen molar-refractivity contribution >= 4 is 12.0 Å². The third kappa shape index (κ3) is 5.46. The fraction of sp³-hybridized carbons (Fsp3) is 0.846. The van der Waals surface area contributed by atoms with Gasteiger partial charge in [0.25, 0.3) is 0 Å². The Morgan fingerprint density at radius 2 is 2.05 bits per heavy atom. The second-order valence-corrected chi connectivity index (χ2v) is 5.28. The van der Waals surface area contributed by atoms with Crippen LogP contribution in [0.1, 0.15) is 39.5 Å². The van der Waals surface area contributed by atoms with E-state index >= 15 is 0 Å². The number of aliphatic carboxylic acids is 1. The Balaban J connectivity index is 2.27. The number of nitrogens with zero attached hydrogens (tertiary/aromatic N) is 1. The van der Waals surface area contributed by atoms with Gasteiger partial charge in [0.05, 0.1) is 0 Å². The van der Waals surface area contributed by atoms with Gasteiger partial charge in [0.2, 0.25) is 0 Å². The van der Waals surface area contributed by atoms with Crippen LogP contribution in [0.15, 0.2) is 0 Å². The zero-order chi connectivity index (χ0) is 14.4. The maximum Gasteiger partial charge on any atom is 0.326 e. The summed E-state index contributed by atoms with van der Waals surface area (Å²) in [4.78, 5) is 24.8. The molecule has 1 aliphatic carbocycles. The zero-order valence-corrected chi connectivity index (χ0v) is 12.0. The van der Waals surface area contributed by atoms with Gasteiger partial charge >= 0.3 is 12.0 Å². The number of carboxylic acid groups (broad SMARTS) is 1. The van der Waals surface area contributed by atoms with Crippen molar-refractivity contribution in [2.45, 2.75) is 57.7 Å². The molecule has 3 N–H and O–H groups in total. The van der Waals surface area contributed by atoms with Crippen LogP contribution in [0.3, 0.4) is 0 Å². The van der Waals surface area contributed by atoms with Gasteiger partial charge in [-0.15, -0.1) is 0 Å². The molecule has 110 valence electrons. The molecule has 0 heterocycles. The Morgan fingerprint density at radius 1 is 1.42 bits per heavy atom. The molecule has 0 aromatic rings. The molecule has 2 amide bonds. The van der Waals surface area contributed by atoms with E-state index in [1.165, 1.54) is 12.8 Å². The Labute approximate surface area is 114 Å². The highest BCUT2D eigenvalue weighted by Crippen LogP contribution is 2.26. The van der Waals surface area contributed by atoms with Crippen LogP contribution < -0.4 is 10.6 Å². The first kappa shape index (κ1) is 15.8. The minimum Gasteiger partial charge on any atom is -0.480 e. The molecule has 1 aliphatic rings. The van der Waals surface area contributed by atoms with Crippen molar-refractivity contribution in [2.24, 2.45) is 0 Å². The summed E-state index contributed by atoms with van der Waals surface area (Å²) < 4.78 is 0. The topological polar surface area (TPSA) is 81.7 Å². The summed E-state index contributed by atoms with van der Waals surface area (Å²) in [5, 5.41) is 14.2. The molecule has 19 heavy (non-hydrogen) atoms.